The summed E-state index contributed by atoms with van der Waals surface area (Å²) in [5, 5.41) is 3.86. The van der Waals surface area contributed by atoms with Crippen molar-refractivity contribution in [1.82, 2.24) is 10.3 Å². The Morgan fingerprint density at radius 2 is 1.92 bits per heavy atom. The number of hydrogen-bond acceptors (Lipinski definition) is 8. The number of benzene rings is 3. The molecule has 4 atom stereocenters. The number of ether oxygens (including phenoxy) is 3. The van der Waals surface area contributed by atoms with E-state index in [4.69, 9.17) is 53.9 Å². The van der Waals surface area contributed by atoms with Crippen LogP contribution in [0, 0.1) is 0 Å². The van der Waals surface area contributed by atoms with Crippen molar-refractivity contribution in [2.24, 2.45) is 10.7 Å². The van der Waals surface area contributed by atoms with E-state index in [-0.39, 0.29) is 30.6 Å². The van der Waals surface area contributed by atoms with E-state index in [2.05, 4.69) is 17.2 Å². The van der Waals surface area contributed by atoms with Gasteiger partial charge in [-0.1, -0.05) is 65.7 Å². The average Bonchev–Trinajstić information content (AvgIpc) is 4.06. The fraction of sp³-hybridized carbons (Fsp3) is 0.342. The quantitative estimate of drug-likeness (QED) is 0.0661. The normalized spacial score (nSPS) is 23.6. The number of aromatic nitrogens is 1. The first-order valence-corrected chi connectivity index (χ1v) is 17.5. The van der Waals surface area contributed by atoms with Gasteiger partial charge in [0, 0.05) is 53.8 Å². The zero-order chi connectivity index (χ0) is 34.8. The molecule has 3 heterocycles. The second kappa shape index (κ2) is 12.5. The van der Waals surface area contributed by atoms with Crippen LogP contribution in [-0.2, 0) is 10.2 Å². The van der Waals surface area contributed by atoms with Crippen LogP contribution in [0.1, 0.15) is 71.3 Å². The molecular formula is C38H36Cl2FN5O4. The van der Waals surface area contributed by atoms with Crippen molar-refractivity contribution in [1.29, 1.82) is 0 Å². The van der Waals surface area contributed by atoms with Gasteiger partial charge < -0.3 is 31.0 Å². The maximum Gasteiger partial charge on any atom is 0.251 e. The summed E-state index contributed by atoms with van der Waals surface area (Å²) in [4.78, 5) is 23.2. The Morgan fingerprint density at radius 1 is 1.16 bits per heavy atom. The minimum absolute atomic E-state index is 0.0390. The predicted molar refractivity (Wildman–Crippen MR) is 191 cm³/mol. The van der Waals surface area contributed by atoms with Crippen LogP contribution in [0.5, 0.6) is 11.5 Å². The van der Waals surface area contributed by atoms with E-state index in [1.54, 1.807) is 18.2 Å². The highest BCUT2D eigenvalue weighted by Gasteiger charge is 2.56. The van der Waals surface area contributed by atoms with Gasteiger partial charge >= 0.3 is 0 Å². The highest BCUT2D eigenvalue weighted by atomic mass is 35.5. The third-order valence-electron chi connectivity index (χ3n) is 9.86. The summed E-state index contributed by atoms with van der Waals surface area (Å²) in [7, 11) is 0. The molecule has 3 aromatic carbocycles. The van der Waals surface area contributed by atoms with Crippen molar-refractivity contribution in [2.45, 2.75) is 68.2 Å². The largest absolute Gasteiger partial charge is 0.490 e. The van der Waals surface area contributed by atoms with Crippen molar-refractivity contribution in [3.8, 4) is 22.8 Å². The van der Waals surface area contributed by atoms with E-state index in [1.807, 2.05) is 48.5 Å². The van der Waals surface area contributed by atoms with Crippen molar-refractivity contribution in [3.63, 3.8) is 0 Å². The molecule has 5 N–H and O–H groups in total. The Labute approximate surface area is 299 Å². The van der Waals surface area contributed by atoms with Gasteiger partial charge in [-0.15, -0.1) is 0 Å². The minimum Gasteiger partial charge on any atom is -0.490 e. The van der Waals surface area contributed by atoms with E-state index in [9.17, 15) is 9.18 Å². The highest BCUT2D eigenvalue weighted by Crippen LogP contribution is 2.52. The number of pyridine rings is 1. The van der Waals surface area contributed by atoms with Gasteiger partial charge in [0.25, 0.3) is 5.91 Å². The molecule has 2 aliphatic heterocycles. The number of nitrogen functional groups attached to an aromatic ring is 1. The van der Waals surface area contributed by atoms with Gasteiger partial charge in [0.05, 0.1) is 32.9 Å². The lowest BCUT2D eigenvalue weighted by atomic mass is 9.79. The lowest BCUT2D eigenvalue weighted by Crippen LogP contribution is -2.34. The smallest absolute Gasteiger partial charge is 0.251 e. The molecule has 50 heavy (non-hydrogen) atoms. The molecule has 4 aliphatic rings. The second-order valence-electron chi connectivity index (χ2n) is 13.7. The molecule has 0 radical (unpaired) electrons. The number of nitrogens with one attached hydrogen (secondary N) is 1. The fourth-order valence-corrected chi connectivity index (χ4v) is 6.88. The van der Waals surface area contributed by atoms with Crippen LogP contribution in [0.3, 0.4) is 0 Å². The first kappa shape index (κ1) is 33.0. The number of epoxide rings is 1. The van der Waals surface area contributed by atoms with Gasteiger partial charge in [-0.3, -0.25) is 9.79 Å². The third-order valence-corrected chi connectivity index (χ3v) is 10.7. The molecule has 2 saturated carbocycles. The number of fused-ring (bicyclic) bond motifs is 1. The predicted octanol–water partition coefficient (Wildman–Crippen LogP) is 6.95. The van der Waals surface area contributed by atoms with E-state index < -0.39 is 17.4 Å². The zero-order valence-electron chi connectivity index (χ0n) is 27.3. The summed E-state index contributed by atoms with van der Waals surface area (Å²) in [6, 6.07) is 20.5. The van der Waals surface area contributed by atoms with Gasteiger partial charge in [-0.05, 0) is 49.6 Å². The van der Waals surface area contributed by atoms with Crippen LogP contribution in [0.15, 0.2) is 71.7 Å². The molecule has 2 unspecified atom stereocenters. The number of carbonyl (C=O) groups is 1. The number of nitrogens with zero attached hydrogens (tertiary/aromatic N) is 2. The Hall–Kier alpha value is -4.22. The number of halogens is 3. The number of alkyl halides is 1. The number of nitrogens with two attached hydrogens (primary N) is 2. The maximum atomic E-state index is 14.4. The van der Waals surface area contributed by atoms with Gasteiger partial charge in [0.2, 0.25) is 0 Å². The van der Waals surface area contributed by atoms with E-state index in [1.165, 1.54) is 6.21 Å². The molecule has 3 fully saturated rings. The van der Waals surface area contributed by atoms with E-state index in [0.29, 0.717) is 74.8 Å². The SMILES string of the molecule is C[C@]1(C2OC2N)COc2c1cc([C@@H](CNC(=O)c1cc(/C=N/C3(F)CC3)c(N)c(OC3CC3)c1)c1ccccc1)nc2-c1cccc(Cl)c1Cl. The second-order valence-corrected chi connectivity index (χ2v) is 14.5. The molecule has 1 amide bonds. The Bertz CT molecular complexity index is 2020. The Balaban J connectivity index is 1.17. The molecule has 4 aromatic rings. The van der Waals surface area contributed by atoms with Crippen LogP contribution < -0.4 is 26.3 Å². The average molecular weight is 717 g/mol. The van der Waals surface area contributed by atoms with Crippen LogP contribution in [-0.4, -0.2) is 54.5 Å². The van der Waals surface area contributed by atoms with Gasteiger partial charge in [-0.2, -0.15) is 0 Å². The van der Waals surface area contributed by atoms with Crippen LogP contribution in [0.4, 0.5) is 10.1 Å². The monoisotopic (exact) mass is 715 g/mol. The molecule has 8 rings (SSSR count). The molecule has 1 saturated heterocycles. The Kier molecular flexibility index (Phi) is 8.26. The minimum atomic E-state index is -1.57. The summed E-state index contributed by atoms with van der Waals surface area (Å²) < 4.78 is 32.6. The highest BCUT2D eigenvalue weighted by molar-refractivity contribution is 6.43. The lowest BCUT2D eigenvalue weighted by Gasteiger charge is -2.24. The molecule has 1 aromatic heterocycles. The first-order valence-electron chi connectivity index (χ1n) is 16.7. The molecule has 0 bridgehead atoms. The topological polar surface area (TPSA) is 137 Å². The standard InChI is InChI=1S/C38H36Cl2FN5O4/c1-37(34-35(43)50-34)19-48-33-26(37)16-28(46-32(33)24-8-5-9-27(39)30(24)40)25(20-6-3-2-4-7-20)18-44-36(47)21-14-22(17-45-38(41)12-13-38)31(42)29(15-21)49-23-10-11-23/h2-9,14-17,23,25,34-35H,10-13,18-19,42-43H2,1H3,(H,44,47)/b45-17+/t25-,34?,35?,37-/m0/s1. The molecule has 2 aliphatic carbocycles. The number of amides is 1. The van der Waals surface area contributed by atoms with Crippen molar-refractivity contribution in [2.75, 3.05) is 18.9 Å². The van der Waals surface area contributed by atoms with Gasteiger partial charge in [-0.25, -0.2) is 9.37 Å². The van der Waals surface area contributed by atoms with Crippen LogP contribution in [0.2, 0.25) is 10.0 Å². The number of hydrogen-bond donors (Lipinski definition) is 3. The summed E-state index contributed by atoms with van der Waals surface area (Å²) in [6.45, 7) is 2.61. The van der Waals surface area contributed by atoms with Crippen LogP contribution >= 0.6 is 23.2 Å². The third kappa shape index (κ3) is 6.30. The van der Waals surface area contributed by atoms with Gasteiger partial charge in [0.15, 0.2) is 5.79 Å². The molecule has 12 heteroatoms. The number of carbonyl (C=O) groups excluding carboxylic acids is 1. The summed E-state index contributed by atoms with van der Waals surface area (Å²) >= 11 is 13.2. The summed E-state index contributed by atoms with van der Waals surface area (Å²) in [6.07, 6.45) is 3.34. The molecule has 258 valence electrons. The Morgan fingerprint density at radius 3 is 2.62 bits per heavy atom. The number of rotatable bonds is 11. The van der Waals surface area contributed by atoms with Crippen molar-refractivity contribution >= 4 is 41.0 Å². The van der Waals surface area contributed by atoms with Crippen LogP contribution in [0.25, 0.3) is 11.3 Å². The molecule has 0 spiro atoms. The number of aliphatic imine (C=N–C) groups is 1. The molecule has 9 nitrogen and oxygen atoms in total. The van der Waals surface area contributed by atoms with E-state index in [0.717, 1.165) is 24.0 Å². The molecular weight excluding hydrogens is 680 g/mol. The summed E-state index contributed by atoms with van der Waals surface area (Å²) in [5.74, 6) is -1.33. The van der Waals surface area contributed by atoms with Gasteiger partial charge in [0.1, 0.15) is 36.1 Å². The first-order chi connectivity index (χ1) is 24.0. The number of anilines is 1. The summed E-state index contributed by atoms with van der Waals surface area (Å²) in [5.41, 5.74) is 16.8. The van der Waals surface area contributed by atoms with Crippen molar-refractivity contribution in [3.05, 3.63) is 105 Å². The lowest BCUT2D eigenvalue weighted by molar-refractivity contribution is 0.0951. The zero-order valence-corrected chi connectivity index (χ0v) is 28.8. The van der Waals surface area contributed by atoms with E-state index >= 15 is 0 Å². The fourth-order valence-electron chi connectivity index (χ4n) is 6.48. The van der Waals surface area contributed by atoms with Crippen molar-refractivity contribution < 1.29 is 23.4 Å². The maximum absolute atomic E-state index is 14.4.